The topological polar surface area (TPSA) is 26.3 Å². The van der Waals surface area contributed by atoms with Crippen molar-refractivity contribution in [3.63, 3.8) is 0 Å². The van der Waals surface area contributed by atoms with Gasteiger partial charge in [0.25, 0.3) is 0 Å². The molecule has 0 aliphatic rings. The average Bonchev–Trinajstić information content (AvgIpc) is 2.73. The second kappa shape index (κ2) is 16.1. The predicted octanol–water partition coefficient (Wildman–Crippen LogP) is 9.89. The molecule has 0 heterocycles. The van der Waals surface area contributed by atoms with Crippen molar-refractivity contribution < 1.29 is 9.53 Å². The van der Waals surface area contributed by atoms with Gasteiger partial charge >= 0.3 is 5.97 Å². The van der Waals surface area contributed by atoms with Crippen molar-refractivity contribution in [2.75, 3.05) is 6.61 Å². The minimum Gasteiger partial charge on any atom is -0.465 e. The summed E-state index contributed by atoms with van der Waals surface area (Å²) >= 11 is 0. The molecule has 2 nitrogen and oxygen atoms in total. The standard InChI is InChI=1S/C29H58O2/c1-9-12-13-14-15-16-17-18-19-20-21-22-23-24-31-26(30)29(8,28(6,7)11-3)25-27(4,5)10-2/h9-25H2,1-8H3. The molecular formula is C29H58O2. The average molecular weight is 439 g/mol. The SMILES string of the molecule is CCCCCCCCCCCCCCCOC(=O)C(C)(CC(C)(C)CC)C(C)(C)CC. The molecule has 1 unspecified atom stereocenters. The minimum absolute atomic E-state index is 0.0137. The van der Waals surface area contributed by atoms with E-state index < -0.39 is 5.41 Å². The molecule has 0 bridgehead atoms. The number of hydrogen-bond donors (Lipinski definition) is 0. The zero-order valence-electron chi connectivity index (χ0n) is 22.8. The number of rotatable bonds is 20. The van der Waals surface area contributed by atoms with E-state index in [1.807, 2.05) is 0 Å². The molecule has 0 aliphatic carbocycles. The summed E-state index contributed by atoms with van der Waals surface area (Å²) in [6.07, 6.45) is 20.3. The van der Waals surface area contributed by atoms with E-state index in [1.165, 1.54) is 77.0 Å². The zero-order chi connectivity index (χ0) is 23.8. The summed E-state index contributed by atoms with van der Waals surface area (Å²) in [7, 11) is 0. The van der Waals surface area contributed by atoms with E-state index in [-0.39, 0.29) is 16.8 Å². The van der Waals surface area contributed by atoms with Crippen LogP contribution in [0.2, 0.25) is 0 Å². The Labute approximate surface area is 196 Å². The van der Waals surface area contributed by atoms with Crippen molar-refractivity contribution in [1.82, 2.24) is 0 Å². The predicted molar refractivity (Wildman–Crippen MR) is 138 cm³/mol. The van der Waals surface area contributed by atoms with Crippen LogP contribution in [-0.4, -0.2) is 12.6 Å². The van der Waals surface area contributed by atoms with E-state index in [2.05, 4.69) is 55.4 Å². The second-order valence-electron chi connectivity index (χ2n) is 11.6. The van der Waals surface area contributed by atoms with Crippen LogP contribution in [0.4, 0.5) is 0 Å². The highest BCUT2D eigenvalue weighted by molar-refractivity contribution is 5.77. The van der Waals surface area contributed by atoms with Gasteiger partial charge in [-0.15, -0.1) is 0 Å². The first-order valence-corrected chi connectivity index (χ1v) is 13.7. The molecule has 0 N–H and O–H groups in total. The maximum Gasteiger partial charge on any atom is 0.312 e. The lowest BCUT2D eigenvalue weighted by atomic mass is 9.58. The third-order valence-electron chi connectivity index (χ3n) is 8.10. The number of esters is 1. The molecule has 0 aliphatic heterocycles. The van der Waals surface area contributed by atoms with Gasteiger partial charge in [-0.2, -0.15) is 0 Å². The maximum atomic E-state index is 13.2. The van der Waals surface area contributed by atoms with E-state index >= 15 is 0 Å². The Morgan fingerprint density at radius 2 is 1.03 bits per heavy atom. The molecule has 2 heteroatoms. The molecule has 0 rings (SSSR count). The van der Waals surface area contributed by atoms with Crippen LogP contribution in [0, 0.1) is 16.2 Å². The fourth-order valence-electron chi connectivity index (χ4n) is 4.50. The number of carbonyl (C=O) groups is 1. The van der Waals surface area contributed by atoms with Crippen LogP contribution in [0.1, 0.15) is 158 Å². The number of carbonyl (C=O) groups excluding carboxylic acids is 1. The summed E-state index contributed by atoms with van der Waals surface area (Å²) < 4.78 is 5.85. The van der Waals surface area contributed by atoms with Gasteiger partial charge in [0.1, 0.15) is 0 Å². The molecule has 0 aromatic carbocycles. The molecule has 0 fully saturated rings. The largest absolute Gasteiger partial charge is 0.465 e. The summed E-state index contributed by atoms with van der Waals surface area (Å²) in [6, 6.07) is 0. The zero-order valence-corrected chi connectivity index (χ0v) is 22.8. The monoisotopic (exact) mass is 438 g/mol. The summed E-state index contributed by atoms with van der Waals surface area (Å²) in [6.45, 7) is 18.4. The van der Waals surface area contributed by atoms with Gasteiger partial charge in [0.2, 0.25) is 0 Å². The Balaban J connectivity index is 4.07. The number of hydrogen-bond acceptors (Lipinski definition) is 2. The molecule has 0 aromatic heterocycles. The molecule has 186 valence electrons. The van der Waals surface area contributed by atoms with E-state index in [4.69, 9.17) is 4.74 Å². The first kappa shape index (κ1) is 30.5. The molecule has 0 radical (unpaired) electrons. The minimum atomic E-state index is -0.433. The van der Waals surface area contributed by atoms with Crippen molar-refractivity contribution in [2.45, 2.75) is 158 Å². The molecule has 1 atom stereocenters. The van der Waals surface area contributed by atoms with Crippen LogP contribution in [0.15, 0.2) is 0 Å². The van der Waals surface area contributed by atoms with E-state index in [9.17, 15) is 4.79 Å². The highest BCUT2D eigenvalue weighted by atomic mass is 16.5. The van der Waals surface area contributed by atoms with Gasteiger partial charge in [-0.25, -0.2) is 0 Å². The Bertz CT molecular complexity index is 452. The molecule has 0 saturated heterocycles. The smallest absolute Gasteiger partial charge is 0.312 e. The summed E-state index contributed by atoms with van der Waals surface area (Å²) in [5.41, 5.74) is -0.347. The molecule has 0 spiro atoms. The van der Waals surface area contributed by atoms with Crippen molar-refractivity contribution >= 4 is 5.97 Å². The first-order valence-electron chi connectivity index (χ1n) is 13.7. The van der Waals surface area contributed by atoms with Gasteiger partial charge in [0.05, 0.1) is 12.0 Å². The van der Waals surface area contributed by atoms with Crippen molar-refractivity contribution in [1.29, 1.82) is 0 Å². The van der Waals surface area contributed by atoms with Gasteiger partial charge in [0.15, 0.2) is 0 Å². The van der Waals surface area contributed by atoms with Crippen molar-refractivity contribution in [3.8, 4) is 0 Å². The van der Waals surface area contributed by atoms with Crippen molar-refractivity contribution in [3.05, 3.63) is 0 Å². The van der Waals surface area contributed by atoms with Crippen LogP contribution >= 0.6 is 0 Å². The third-order valence-corrected chi connectivity index (χ3v) is 8.10. The quantitative estimate of drug-likeness (QED) is 0.140. The van der Waals surface area contributed by atoms with Crippen LogP contribution < -0.4 is 0 Å². The van der Waals surface area contributed by atoms with Gasteiger partial charge < -0.3 is 4.74 Å². The summed E-state index contributed by atoms with van der Waals surface area (Å²) in [4.78, 5) is 13.2. The molecule has 0 aromatic rings. The highest BCUT2D eigenvalue weighted by Gasteiger charge is 2.49. The van der Waals surface area contributed by atoms with Crippen LogP contribution in [-0.2, 0) is 9.53 Å². The lowest BCUT2D eigenvalue weighted by Crippen LogP contribution is -2.46. The molecular weight excluding hydrogens is 380 g/mol. The van der Waals surface area contributed by atoms with Gasteiger partial charge in [-0.3, -0.25) is 4.79 Å². The van der Waals surface area contributed by atoms with Crippen LogP contribution in [0.3, 0.4) is 0 Å². The lowest BCUT2D eigenvalue weighted by Gasteiger charge is -2.45. The van der Waals surface area contributed by atoms with Gasteiger partial charge in [-0.1, -0.05) is 132 Å². The summed E-state index contributed by atoms with van der Waals surface area (Å²) in [5.74, 6) is 0.0137. The molecule has 0 amide bonds. The second-order valence-corrected chi connectivity index (χ2v) is 11.6. The van der Waals surface area contributed by atoms with Crippen molar-refractivity contribution in [2.24, 2.45) is 16.2 Å². The summed E-state index contributed by atoms with van der Waals surface area (Å²) in [5, 5.41) is 0. The Hall–Kier alpha value is -0.530. The normalized spacial score (nSPS) is 14.5. The number of ether oxygens (including phenoxy) is 1. The highest BCUT2D eigenvalue weighted by Crippen LogP contribution is 2.50. The first-order chi connectivity index (χ1) is 14.6. The van der Waals surface area contributed by atoms with Gasteiger partial charge in [-0.05, 0) is 37.0 Å². The Morgan fingerprint density at radius 1 is 0.613 bits per heavy atom. The Morgan fingerprint density at radius 3 is 1.42 bits per heavy atom. The molecule has 0 saturated carbocycles. The maximum absolute atomic E-state index is 13.2. The van der Waals surface area contributed by atoms with E-state index in [0.29, 0.717) is 6.61 Å². The van der Waals surface area contributed by atoms with Gasteiger partial charge in [0, 0.05) is 0 Å². The fraction of sp³-hybridized carbons (Fsp3) is 0.966. The Kier molecular flexibility index (Phi) is 15.9. The third kappa shape index (κ3) is 12.3. The van der Waals surface area contributed by atoms with E-state index in [1.54, 1.807) is 0 Å². The van der Waals surface area contributed by atoms with Crippen LogP contribution in [0.25, 0.3) is 0 Å². The number of unbranched alkanes of at least 4 members (excludes halogenated alkanes) is 12. The fourth-order valence-corrected chi connectivity index (χ4v) is 4.50. The van der Waals surface area contributed by atoms with Crippen LogP contribution in [0.5, 0.6) is 0 Å². The lowest BCUT2D eigenvalue weighted by molar-refractivity contribution is -0.166. The molecule has 31 heavy (non-hydrogen) atoms. The van der Waals surface area contributed by atoms with E-state index in [0.717, 1.165) is 25.7 Å².